The van der Waals surface area contributed by atoms with Crippen LogP contribution in [0.3, 0.4) is 0 Å². The SMILES string of the molecule is CCOC(=O)N(C(=O)/C=C/C=C/C1C(F)C1c1ccc(Br)c(Br)c1)c1ccccc1C. The van der Waals surface area contributed by atoms with Crippen LogP contribution in [0.4, 0.5) is 14.9 Å². The van der Waals surface area contributed by atoms with Gasteiger partial charge in [0.2, 0.25) is 0 Å². The molecule has 3 unspecified atom stereocenters. The first-order valence-electron chi connectivity index (χ1n) is 9.85. The Morgan fingerprint density at radius 3 is 2.55 bits per heavy atom. The lowest BCUT2D eigenvalue weighted by atomic mass is 10.1. The molecular formula is C24H22Br2FNO3. The van der Waals surface area contributed by atoms with E-state index >= 15 is 0 Å². The number of benzene rings is 2. The molecule has 7 heteroatoms. The van der Waals surface area contributed by atoms with E-state index in [9.17, 15) is 14.0 Å². The average Bonchev–Trinajstić information content (AvgIpc) is 3.38. The third kappa shape index (κ3) is 5.52. The lowest BCUT2D eigenvalue weighted by molar-refractivity contribution is -0.113. The smallest absolute Gasteiger partial charge is 0.421 e. The van der Waals surface area contributed by atoms with Crippen molar-refractivity contribution in [1.29, 1.82) is 0 Å². The molecule has 0 bridgehead atoms. The second kappa shape index (κ2) is 10.4. The molecule has 2 aromatic rings. The molecule has 1 fully saturated rings. The Hall–Kier alpha value is -2.25. The fraction of sp³-hybridized carbons (Fsp3) is 0.250. The van der Waals surface area contributed by atoms with Gasteiger partial charge in [-0.25, -0.2) is 14.1 Å². The summed E-state index contributed by atoms with van der Waals surface area (Å²) in [5.41, 5.74) is 2.16. The van der Waals surface area contributed by atoms with Gasteiger partial charge in [-0.1, -0.05) is 42.5 Å². The molecule has 0 spiro atoms. The summed E-state index contributed by atoms with van der Waals surface area (Å²) in [4.78, 5) is 26.1. The normalized spacial score (nSPS) is 20.2. The van der Waals surface area contributed by atoms with Crippen LogP contribution in [-0.4, -0.2) is 24.8 Å². The number of rotatable bonds is 6. The molecule has 0 N–H and O–H groups in total. The van der Waals surface area contributed by atoms with E-state index < -0.39 is 18.2 Å². The molecular weight excluding hydrogens is 529 g/mol. The summed E-state index contributed by atoms with van der Waals surface area (Å²) in [5, 5.41) is 0. The molecule has 1 aliphatic rings. The molecule has 0 saturated heterocycles. The van der Waals surface area contributed by atoms with Crippen molar-refractivity contribution in [3.63, 3.8) is 0 Å². The van der Waals surface area contributed by atoms with E-state index in [1.807, 2.05) is 37.3 Å². The van der Waals surface area contributed by atoms with E-state index in [2.05, 4.69) is 31.9 Å². The van der Waals surface area contributed by atoms with Gasteiger partial charge in [0.05, 0.1) is 12.3 Å². The third-order valence-electron chi connectivity index (χ3n) is 5.02. The zero-order valence-electron chi connectivity index (χ0n) is 17.1. The largest absolute Gasteiger partial charge is 0.449 e. The van der Waals surface area contributed by atoms with Crippen molar-refractivity contribution in [2.75, 3.05) is 11.5 Å². The molecule has 2 amide bonds. The minimum atomic E-state index is -0.962. The molecule has 4 nitrogen and oxygen atoms in total. The maximum Gasteiger partial charge on any atom is 0.421 e. The van der Waals surface area contributed by atoms with Crippen LogP contribution >= 0.6 is 31.9 Å². The topological polar surface area (TPSA) is 46.6 Å². The Kier molecular flexibility index (Phi) is 7.84. The van der Waals surface area contributed by atoms with Crippen LogP contribution in [0.5, 0.6) is 0 Å². The van der Waals surface area contributed by atoms with Crippen molar-refractivity contribution in [1.82, 2.24) is 0 Å². The van der Waals surface area contributed by atoms with Crippen LogP contribution in [-0.2, 0) is 9.53 Å². The number of hydrogen-bond acceptors (Lipinski definition) is 3. The fourth-order valence-corrected chi connectivity index (χ4v) is 4.00. The Balaban J connectivity index is 1.69. The summed E-state index contributed by atoms with van der Waals surface area (Å²) >= 11 is 6.86. The van der Waals surface area contributed by atoms with E-state index in [-0.39, 0.29) is 18.4 Å². The number of imide groups is 1. The van der Waals surface area contributed by atoms with Gasteiger partial charge in [-0.3, -0.25) is 4.79 Å². The van der Waals surface area contributed by atoms with Crippen molar-refractivity contribution < 1.29 is 18.7 Å². The zero-order chi connectivity index (χ0) is 22.5. The zero-order valence-corrected chi connectivity index (χ0v) is 20.3. The van der Waals surface area contributed by atoms with Crippen molar-refractivity contribution in [2.45, 2.75) is 25.9 Å². The minimum Gasteiger partial charge on any atom is -0.449 e. The summed E-state index contributed by atoms with van der Waals surface area (Å²) < 4.78 is 21.1. The molecule has 162 valence electrons. The molecule has 3 atom stereocenters. The van der Waals surface area contributed by atoms with Gasteiger partial charge in [0, 0.05) is 26.9 Å². The van der Waals surface area contributed by atoms with Gasteiger partial charge in [-0.05, 0) is 75.0 Å². The quantitative estimate of drug-likeness (QED) is 0.291. The Bertz CT molecular complexity index is 1040. The van der Waals surface area contributed by atoms with E-state index in [0.29, 0.717) is 5.69 Å². The first kappa shape index (κ1) is 23.4. The van der Waals surface area contributed by atoms with Crippen LogP contribution in [0.15, 0.2) is 75.7 Å². The second-order valence-electron chi connectivity index (χ2n) is 7.12. The van der Waals surface area contributed by atoms with Gasteiger partial charge >= 0.3 is 6.09 Å². The number of nitrogens with zero attached hydrogens (tertiary/aromatic N) is 1. The lowest BCUT2D eigenvalue weighted by Gasteiger charge is -2.20. The highest BCUT2D eigenvalue weighted by Gasteiger charge is 2.50. The summed E-state index contributed by atoms with van der Waals surface area (Å²) in [6.45, 7) is 3.65. The maximum atomic E-state index is 14.3. The average molecular weight is 551 g/mol. The highest BCUT2D eigenvalue weighted by Crippen LogP contribution is 2.51. The van der Waals surface area contributed by atoms with E-state index in [1.54, 1.807) is 31.2 Å². The monoisotopic (exact) mass is 549 g/mol. The summed E-state index contributed by atoms with van der Waals surface area (Å²) in [6.07, 6.45) is 4.49. The molecule has 0 radical (unpaired) electrons. The second-order valence-corrected chi connectivity index (χ2v) is 8.83. The summed E-state index contributed by atoms with van der Waals surface area (Å²) in [6, 6.07) is 12.8. The molecule has 1 aliphatic carbocycles. The number of carbonyl (C=O) groups excluding carboxylic acids is 2. The van der Waals surface area contributed by atoms with Crippen LogP contribution < -0.4 is 4.90 Å². The first-order chi connectivity index (χ1) is 14.8. The number of allylic oxidation sites excluding steroid dienone is 3. The highest BCUT2D eigenvalue weighted by molar-refractivity contribution is 9.13. The molecule has 0 aliphatic heterocycles. The molecule has 0 heterocycles. The minimum absolute atomic E-state index is 0.158. The highest BCUT2D eigenvalue weighted by atomic mass is 79.9. The Labute approximate surface area is 198 Å². The first-order valence-corrected chi connectivity index (χ1v) is 11.4. The third-order valence-corrected chi connectivity index (χ3v) is 6.90. The van der Waals surface area contributed by atoms with Crippen molar-refractivity contribution >= 4 is 49.5 Å². The van der Waals surface area contributed by atoms with E-state index in [4.69, 9.17) is 4.74 Å². The number of halogens is 3. The van der Waals surface area contributed by atoms with Gasteiger partial charge in [0.15, 0.2) is 0 Å². The molecule has 0 aromatic heterocycles. The van der Waals surface area contributed by atoms with Crippen molar-refractivity contribution in [2.24, 2.45) is 5.92 Å². The van der Waals surface area contributed by atoms with Gasteiger partial charge in [0.25, 0.3) is 5.91 Å². The lowest BCUT2D eigenvalue weighted by Crippen LogP contribution is -2.36. The summed E-state index contributed by atoms with van der Waals surface area (Å²) in [7, 11) is 0. The van der Waals surface area contributed by atoms with E-state index in [1.165, 1.54) is 12.2 Å². The number of hydrogen-bond donors (Lipinski definition) is 0. The van der Waals surface area contributed by atoms with Gasteiger partial charge in [-0.15, -0.1) is 0 Å². The Morgan fingerprint density at radius 1 is 1.13 bits per heavy atom. The van der Waals surface area contributed by atoms with Crippen molar-refractivity contribution in [3.05, 3.63) is 86.8 Å². The number of ether oxygens (including phenoxy) is 1. The standard InChI is InChI=1S/C24H22Br2FNO3/c1-3-31-24(30)28(20-10-6-4-8-15(20)2)21(29)11-7-5-9-17-22(23(17)27)16-12-13-18(25)19(26)14-16/h4-14,17,22-23H,3H2,1-2H3/b9-5+,11-7+. The molecule has 1 saturated carbocycles. The van der Waals surface area contributed by atoms with Crippen LogP contribution in [0.2, 0.25) is 0 Å². The van der Waals surface area contributed by atoms with Crippen LogP contribution in [0, 0.1) is 12.8 Å². The predicted molar refractivity (Wildman–Crippen MR) is 127 cm³/mol. The number of alkyl halides is 1. The van der Waals surface area contributed by atoms with Crippen molar-refractivity contribution in [3.8, 4) is 0 Å². The van der Waals surface area contributed by atoms with Crippen LogP contribution in [0.25, 0.3) is 0 Å². The van der Waals surface area contributed by atoms with E-state index in [0.717, 1.165) is 25.0 Å². The Morgan fingerprint density at radius 2 is 1.87 bits per heavy atom. The fourth-order valence-electron chi connectivity index (χ4n) is 3.36. The number of para-hydroxylation sites is 1. The maximum absolute atomic E-state index is 14.3. The molecule has 2 aromatic carbocycles. The van der Waals surface area contributed by atoms with Crippen LogP contribution in [0.1, 0.15) is 24.0 Å². The summed E-state index contributed by atoms with van der Waals surface area (Å²) in [5.74, 6) is -0.975. The number of anilines is 1. The van der Waals surface area contributed by atoms with Gasteiger partial charge < -0.3 is 4.74 Å². The predicted octanol–water partition coefficient (Wildman–Crippen LogP) is 6.87. The van der Waals surface area contributed by atoms with Gasteiger partial charge in [0.1, 0.15) is 6.17 Å². The number of amides is 2. The van der Waals surface area contributed by atoms with Gasteiger partial charge in [-0.2, -0.15) is 0 Å². The number of carbonyl (C=O) groups is 2. The molecule has 31 heavy (non-hydrogen) atoms. The molecule has 3 rings (SSSR count). The number of aryl methyl sites for hydroxylation is 1.